The zero-order valence-electron chi connectivity index (χ0n) is 8.76. The van der Waals surface area contributed by atoms with E-state index in [0.29, 0.717) is 6.04 Å². The Hall–Kier alpha value is -0.310. The molecule has 0 aliphatic carbocycles. The number of aromatic nitrogens is 2. The van der Waals surface area contributed by atoms with E-state index in [1.165, 1.54) is 5.69 Å². The van der Waals surface area contributed by atoms with Crippen molar-refractivity contribution in [1.82, 2.24) is 9.78 Å². The third-order valence-electron chi connectivity index (χ3n) is 2.53. The molecule has 0 fully saturated rings. The lowest BCUT2D eigenvalue weighted by atomic mass is 10.2. The third-order valence-corrected chi connectivity index (χ3v) is 3.67. The van der Waals surface area contributed by atoms with E-state index in [0.717, 1.165) is 23.0 Å². The molecule has 0 unspecified atom stereocenters. The summed E-state index contributed by atoms with van der Waals surface area (Å²) in [5.41, 5.74) is 2.33. The van der Waals surface area contributed by atoms with Crippen molar-refractivity contribution in [2.45, 2.75) is 46.6 Å². The molecule has 0 aromatic carbocycles. The van der Waals surface area contributed by atoms with Crippen molar-refractivity contribution >= 4 is 15.9 Å². The average molecular weight is 245 g/mol. The van der Waals surface area contributed by atoms with Crippen molar-refractivity contribution in [3.8, 4) is 0 Å². The molecule has 0 saturated heterocycles. The molecule has 13 heavy (non-hydrogen) atoms. The van der Waals surface area contributed by atoms with Gasteiger partial charge in [-0.2, -0.15) is 5.10 Å². The number of halogens is 1. The number of nitrogens with zero attached hydrogens (tertiary/aromatic N) is 2. The molecule has 0 radical (unpaired) electrons. The maximum absolute atomic E-state index is 4.52. The van der Waals surface area contributed by atoms with Gasteiger partial charge in [0.1, 0.15) is 0 Å². The summed E-state index contributed by atoms with van der Waals surface area (Å²) in [6, 6.07) is 0.546. The standard InChI is InChI=1S/C10H17BrN2/c1-5-9(6-2)13-8(4)10(11)7(3)12-13/h9H,5-6H2,1-4H3. The molecule has 0 spiro atoms. The van der Waals surface area contributed by atoms with Crippen molar-refractivity contribution in [2.24, 2.45) is 0 Å². The van der Waals surface area contributed by atoms with E-state index >= 15 is 0 Å². The smallest absolute Gasteiger partial charge is 0.0738 e. The van der Waals surface area contributed by atoms with Crippen molar-refractivity contribution in [3.63, 3.8) is 0 Å². The minimum absolute atomic E-state index is 0.546. The molecule has 1 aromatic rings. The van der Waals surface area contributed by atoms with Gasteiger partial charge in [0.15, 0.2) is 0 Å². The van der Waals surface area contributed by atoms with Crippen molar-refractivity contribution in [3.05, 3.63) is 15.9 Å². The average Bonchev–Trinajstić information content (AvgIpc) is 2.36. The molecule has 1 heterocycles. The predicted molar refractivity (Wildman–Crippen MR) is 59.0 cm³/mol. The molecule has 0 aliphatic heterocycles. The van der Waals surface area contributed by atoms with Gasteiger partial charge in [0.25, 0.3) is 0 Å². The van der Waals surface area contributed by atoms with Gasteiger partial charge in [-0.15, -0.1) is 0 Å². The highest BCUT2D eigenvalue weighted by Gasteiger charge is 2.14. The molecule has 3 heteroatoms. The van der Waals surface area contributed by atoms with Gasteiger partial charge in [-0.3, -0.25) is 4.68 Å². The fourth-order valence-corrected chi connectivity index (χ4v) is 1.89. The first-order chi connectivity index (χ1) is 6.11. The summed E-state index contributed by atoms with van der Waals surface area (Å²) in [7, 11) is 0. The van der Waals surface area contributed by atoms with Crippen LogP contribution in [0.4, 0.5) is 0 Å². The van der Waals surface area contributed by atoms with Gasteiger partial charge >= 0.3 is 0 Å². The summed E-state index contributed by atoms with van der Waals surface area (Å²) in [6.07, 6.45) is 2.29. The Labute approximate surface area is 88.5 Å². The Bertz CT molecular complexity index is 287. The number of aryl methyl sites for hydroxylation is 1. The van der Waals surface area contributed by atoms with Crippen molar-refractivity contribution in [1.29, 1.82) is 0 Å². The highest BCUT2D eigenvalue weighted by molar-refractivity contribution is 9.10. The van der Waals surface area contributed by atoms with Gasteiger partial charge in [-0.25, -0.2) is 0 Å². The molecule has 0 bridgehead atoms. The second-order valence-corrected chi connectivity index (χ2v) is 4.19. The van der Waals surface area contributed by atoms with E-state index in [2.05, 4.69) is 46.5 Å². The topological polar surface area (TPSA) is 17.8 Å². The first-order valence-electron chi connectivity index (χ1n) is 4.83. The lowest BCUT2D eigenvalue weighted by Crippen LogP contribution is -2.10. The zero-order valence-corrected chi connectivity index (χ0v) is 10.3. The molecule has 1 rings (SSSR count). The lowest BCUT2D eigenvalue weighted by Gasteiger charge is -2.14. The van der Waals surface area contributed by atoms with Crippen LogP contribution in [0.25, 0.3) is 0 Å². The van der Waals surface area contributed by atoms with Crippen molar-refractivity contribution in [2.75, 3.05) is 0 Å². The van der Waals surface area contributed by atoms with Gasteiger partial charge in [0.05, 0.1) is 21.9 Å². The monoisotopic (exact) mass is 244 g/mol. The van der Waals surface area contributed by atoms with Crippen LogP contribution in [0.3, 0.4) is 0 Å². The van der Waals surface area contributed by atoms with Gasteiger partial charge in [-0.05, 0) is 42.6 Å². The van der Waals surface area contributed by atoms with Crippen LogP contribution in [-0.2, 0) is 0 Å². The van der Waals surface area contributed by atoms with E-state index < -0.39 is 0 Å². The summed E-state index contributed by atoms with van der Waals surface area (Å²) in [4.78, 5) is 0. The van der Waals surface area contributed by atoms with Gasteiger partial charge in [0.2, 0.25) is 0 Å². The maximum atomic E-state index is 4.52. The van der Waals surface area contributed by atoms with E-state index in [1.807, 2.05) is 6.92 Å². The fourth-order valence-electron chi connectivity index (χ4n) is 1.63. The summed E-state index contributed by atoms with van der Waals surface area (Å²) in [6.45, 7) is 8.56. The fraction of sp³-hybridized carbons (Fsp3) is 0.700. The molecule has 0 N–H and O–H groups in total. The number of hydrogen-bond donors (Lipinski definition) is 0. The minimum Gasteiger partial charge on any atom is -0.265 e. The molecular weight excluding hydrogens is 228 g/mol. The molecular formula is C10H17BrN2. The molecule has 2 nitrogen and oxygen atoms in total. The molecule has 0 amide bonds. The van der Waals surface area contributed by atoms with Gasteiger partial charge in [0, 0.05) is 0 Å². The van der Waals surface area contributed by atoms with Gasteiger partial charge in [-0.1, -0.05) is 13.8 Å². The van der Waals surface area contributed by atoms with E-state index in [4.69, 9.17) is 0 Å². The minimum atomic E-state index is 0.546. The Morgan fingerprint density at radius 2 is 1.85 bits per heavy atom. The summed E-state index contributed by atoms with van der Waals surface area (Å²) in [5, 5.41) is 4.52. The van der Waals surface area contributed by atoms with Crippen LogP contribution in [0.15, 0.2) is 4.47 Å². The van der Waals surface area contributed by atoms with Crippen molar-refractivity contribution < 1.29 is 0 Å². The molecule has 0 aliphatic rings. The van der Waals surface area contributed by atoms with E-state index in [-0.39, 0.29) is 0 Å². The number of hydrogen-bond acceptors (Lipinski definition) is 1. The second kappa shape index (κ2) is 4.27. The summed E-state index contributed by atoms with van der Waals surface area (Å²) in [5.74, 6) is 0. The van der Waals surface area contributed by atoms with E-state index in [1.54, 1.807) is 0 Å². The SMILES string of the molecule is CCC(CC)n1nc(C)c(Br)c1C. The van der Waals surface area contributed by atoms with Crippen LogP contribution in [-0.4, -0.2) is 9.78 Å². The quantitative estimate of drug-likeness (QED) is 0.795. The number of rotatable bonds is 3. The zero-order chi connectivity index (χ0) is 10.0. The predicted octanol–water partition coefficient (Wildman–Crippen LogP) is 3.62. The van der Waals surface area contributed by atoms with Crippen LogP contribution >= 0.6 is 15.9 Å². The lowest BCUT2D eigenvalue weighted by molar-refractivity contribution is 0.418. The summed E-state index contributed by atoms with van der Waals surface area (Å²) >= 11 is 3.54. The molecule has 0 atom stereocenters. The van der Waals surface area contributed by atoms with Crippen LogP contribution in [0, 0.1) is 13.8 Å². The highest BCUT2D eigenvalue weighted by atomic mass is 79.9. The molecule has 1 aromatic heterocycles. The molecule has 74 valence electrons. The first-order valence-corrected chi connectivity index (χ1v) is 5.62. The van der Waals surface area contributed by atoms with Crippen LogP contribution in [0.1, 0.15) is 44.1 Å². The molecule has 0 saturated carbocycles. The Balaban J connectivity index is 3.06. The maximum Gasteiger partial charge on any atom is 0.0738 e. The van der Waals surface area contributed by atoms with Crippen LogP contribution < -0.4 is 0 Å². The summed E-state index contributed by atoms with van der Waals surface area (Å²) < 4.78 is 3.29. The normalized spacial score (nSPS) is 11.2. The first kappa shape index (κ1) is 10.8. The van der Waals surface area contributed by atoms with Crippen LogP contribution in [0.2, 0.25) is 0 Å². The highest BCUT2D eigenvalue weighted by Crippen LogP contribution is 2.25. The Kier molecular flexibility index (Phi) is 3.54. The Morgan fingerprint density at radius 3 is 2.15 bits per heavy atom. The van der Waals surface area contributed by atoms with Crippen LogP contribution in [0.5, 0.6) is 0 Å². The second-order valence-electron chi connectivity index (χ2n) is 3.40. The largest absolute Gasteiger partial charge is 0.265 e. The Morgan fingerprint density at radius 1 is 1.31 bits per heavy atom. The third kappa shape index (κ3) is 1.96. The van der Waals surface area contributed by atoms with Gasteiger partial charge < -0.3 is 0 Å². The van der Waals surface area contributed by atoms with E-state index in [9.17, 15) is 0 Å².